The average molecular weight is 346 g/mol. The lowest BCUT2D eigenvalue weighted by molar-refractivity contribution is 0.202. The van der Waals surface area contributed by atoms with Crippen molar-refractivity contribution in [3.8, 4) is 0 Å². The monoisotopic (exact) mass is 345 g/mol. The molecule has 112 valence electrons. The molecule has 0 radical (unpaired) electrons. The first kappa shape index (κ1) is 16.1. The minimum atomic E-state index is -3.68. The quantitative estimate of drug-likeness (QED) is 0.871. The van der Waals surface area contributed by atoms with Crippen molar-refractivity contribution in [1.29, 1.82) is 0 Å². The summed E-state index contributed by atoms with van der Waals surface area (Å²) in [6.07, 6.45) is -1.13. The van der Waals surface area contributed by atoms with Gasteiger partial charge in [-0.1, -0.05) is 35.3 Å². The number of benzene rings is 2. The molecule has 4 nitrogen and oxygen atoms in total. The third-order valence-electron chi connectivity index (χ3n) is 2.75. The third-order valence-corrected chi connectivity index (χ3v) is 4.55. The molecule has 0 aliphatic heterocycles. The third kappa shape index (κ3) is 4.89. The fourth-order valence-corrected chi connectivity index (χ4v) is 3.17. The van der Waals surface area contributed by atoms with Crippen molar-refractivity contribution in [3.05, 3.63) is 64.1 Å². The number of aliphatic hydroxyl groups excluding tert-OH is 1. The van der Waals surface area contributed by atoms with E-state index in [0.717, 1.165) is 0 Å². The normalized spacial score (nSPS) is 12.9. The Morgan fingerprint density at radius 1 is 0.952 bits per heavy atom. The molecule has 7 heteroatoms. The Labute approximate surface area is 133 Å². The lowest BCUT2D eigenvalue weighted by Gasteiger charge is -2.13. The van der Waals surface area contributed by atoms with Gasteiger partial charge in [0.25, 0.3) is 0 Å². The van der Waals surface area contributed by atoms with E-state index in [9.17, 15) is 13.5 Å². The van der Waals surface area contributed by atoms with Gasteiger partial charge < -0.3 is 5.11 Å². The van der Waals surface area contributed by atoms with E-state index in [-0.39, 0.29) is 0 Å². The number of halogens is 2. The Hall–Kier alpha value is -1.27. The standard InChI is InChI=1S/C14H13Cl2NO3S/c15-11-3-1-10(2-4-11)14(18)9-21(19,20)17-13-7-5-12(16)6-8-13/h1-8,14,17-18H,9H2/t14-/m1/s1. The lowest BCUT2D eigenvalue weighted by Crippen LogP contribution is -2.21. The fraction of sp³-hybridized carbons (Fsp3) is 0.143. The summed E-state index contributed by atoms with van der Waals surface area (Å²) in [5.74, 6) is -0.447. The zero-order valence-corrected chi connectivity index (χ0v) is 13.2. The predicted octanol–water partition coefficient (Wildman–Crippen LogP) is 3.47. The van der Waals surface area contributed by atoms with Crippen molar-refractivity contribution in [2.24, 2.45) is 0 Å². The maximum Gasteiger partial charge on any atom is 0.235 e. The smallest absolute Gasteiger partial charge is 0.235 e. The maximum absolute atomic E-state index is 12.0. The van der Waals surface area contributed by atoms with Crippen LogP contribution in [0.3, 0.4) is 0 Å². The van der Waals surface area contributed by atoms with Crippen molar-refractivity contribution in [1.82, 2.24) is 0 Å². The van der Waals surface area contributed by atoms with Crippen molar-refractivity contribution < 1.29 is 13.5 Å². The highest BCUT2D eigenvalue weighted by atomic mass is 35.5. The molecule has 21 heavy (non-hydrogen) atoms. The van der Waals surface area contributed by atoms with Gasteiger partial charge in [0.15, 0.2) is 0 Å². The summed E-state index contributed by atoms with van der Waals surface area (Å²) in [7, 11) is -3.68. The van der Waals surface area contributed by atoms with Gasteiger partial charge in [-0.05, 0) is 42.0 Å². The Kier molecular flexibility index (Phi) is 5.11. The molecule has 2 N–H and O–H groups in total. The van der Waals surface area contributed by atoms with Gasteiger partial charge in [0.05, 0.1) is 11.9 Å². The van der Waals surface area contributed by atoms with Crippen LogP contribution in [0.15, 0.2) is 48.5 Å². The van der Waals surface area contributed by atoms with E-state index in [4.69, 9.17) is 23.2 Å². The topological polar surface area (TPSA) is 66.4 Å². The Morgan fingerprint density at radius 3 is 1.95 bits per heavy atom. The highest BCUT2D eigenvalue weighted by molar-refractivity contribution is 7.92. The fourth-order valence-electron chi connectivity index (χ4n) is 1.73. The summed E-state index contributed by atoms with van der Waals surface area (Å²) < 4.78 is 26.4. The molecule has 0 fully saturated rings. The molecule has 0 unspecified atom stereocenters. The summed E-state index contributed by atoms with van der Waals surface area (Å²) in [4.78, 5) is 0. The SMILES string of the molecule is O=S(=O)(C[C@@H](O)c1ccc(Cl)cc1)Nc1ccc(Cl)cc1. The van der Waals surface area contributed by atoms with Gasteiger partial charge in [-0.15, -0.1) is 0 Å². The molecule has 0 amide bonds. The van der Waals surface area contributed by atoms with Gasteiger partial charge in [-0.2, -0.15) is 0 Å². The molecular formula is C14H13Cl2NO3S. The Morgan fingerprint density at radius 2 is 1.43 bits per heavy atom. The minimum absolute atomic E-state index is 0.391. The summed E-state index contributed by atoms with van der Waals surface area (Å²) in [6, 6.07) is 12.6. The highest BCUT2D eigenvalue weighted by Gasteiger charge is 2.18. The number of hydrogen-bond acceptors (Lipinski definition) is 3. The highest BCUT2D eigenvalue weighted by Crippen LogP contribution is 2.20. The van der Waals surface area contributed by atoms with E-state index < -0.39 is 21.9 Å². The molecule has 2 aromatic rings. The van der Waals surface area contributed by atoms with Gasteiger partial charge in [-0.25, -0.2) is 8.42 Å². The second kappa shape index (κ2) is 6.66. The van der Waals surface area contributed by atoms with Gasteiger partial charge in [-0.3, -0.25) is 4.72 Å². The van der Waals surface area contributed by atoms with E-state index in [0.29, 0.717) is 21.3 Å². The number of hydrogen-bond donors (Lipinski definition) is 2. The second-order valence-corrected chi connectivity index (χ2v) is 7.10. The van der Waals surface area contributed by atoms with Crippen LogP contribution in [0.5, 0.6) is 0 Å². The minimum Gasteiger partial charge on any atom is -0.387 e. The molecular weight excluding hydrogens is 333 g/mol. The van der Waals surface area contributed by atoms with Gasteiger partial charge >= 0.3 is 0 Å². The molecule has 0 aromatic heterocycles. The Balaban J connectivity index is 2.06. The molecule has 0 spiro atoms. The molecule has 2 aromatic carbocycles. The first-order chi connectivity index (χ1) is 9.85. The lowest BCUT2D eigenvalue weighted by atomic mass is 10.1. The number of rotatable bonds is 5. The van der Waals surface area contributed by atoms with Crippen molar-refractivity contribution in [3.63, 3.8) is 0 Å². The summed E-state index contributed by atoms with van der Waals surface area (Å²) in [5.41, 5.74) is 0.878. The van der Waals surface area contributed by atoms with Crippen LogP contribution < -0.4 is 4.72 Å². The predicted molar refractivity (Wildman–Crippen MR) is 85.3 cm³/mol. The zero-order valence-electron chi connectivity index (χ0n) is 10.8. The van der Waals surface area contributed by atoms with Crippen LogP contribution in [0, 0.1) is 0 Å². The van der Waals surface area contributed by atoms with Gasteiger partial charge in [0, 0.05) is 15.7 Å². The molecule has 0 heterocycles. The first-order valence-electron chi connectivity index (χ1n) is 6.05. The number of nitrogens with one attached hydrogen (secondary N) is 1. The van der Waals surface area contributed by atoms with E-state index in [2.05, 4.69) is 4.72 Å². The van der Waals surface area contributed by atoms with Crippen LogP contribution >= 0.6 is 23.2 Å². The van der Waals surface area contributed by atoms with E-state index >= 15 is 0 Å². The maximum atomic E-state index is 12.0. The van der Waals surface area contributed by atoms with Gasteiger partial charge in [0.1, 0.15) is 0 Å². The molecule has 0 bridgehead atoms. The molecule has 1 atom stereocenters. The first-order valence-corrected chi connectivity index (χ1v) is 8.46. The van der Waals surface area contributed by atoms with E-state index in [1.165, 1.54) is 0 Å². The average Bonchev–Trinajstić information content (AvgIpc) is 2.41. The van der Waals surface area contributed by atoms with Crippen LogP contribution in [-0.4, -0.2) is 19.3 Å². The molecule has 2 rings (SSSR count). The largest absolute Gasteiger partial charge is 0.387 e. The van der Waals surface area contributed by atoms with Crippen LogP contribution in [0.4, 0.5) is 5.69 Å². The van der Waals surface area contributed by atoms with Crippen molar-refractivity contribution >= 4 is 38.9 Å². The number of aliphatic hydroxyl groups is 1. The molecule has 0 aliphatic rings. The molecule has 0 saturated carbocycles. The van der Waals surface area contributed by atoms with Crippen LogP contribution in [0.25, 0.3) is 0 Å². The molecule has 0 aliphatic carbocycles. The van der Waals surface area contributed by atoms with Crippen LogP contribution in [0.1, 0.15) is 11.7 Å². The van der Waals surface area contributed by atoms with Crippen molar-refractivity contribution in [2.75, 3.05) is 10.5 Å². The van der Waals surface area contributed by atoms with Crippen molar-refractivity contribution in [2.45, 2.75) is 6.10 Å². The van der Waals surface area contributed by atoms with Crippen LogP contribution in [0.2, 0.25) is 10.0 Å². The van der Waals surface area contributed by atoms with Gasteiger partial charge in [0.2, 0.25) is 10.0 Å². The number of anilines is 1. The summed E-state index contributed by atoms with van der Waals surface area (Å²) >= 11 is 11.5. The zero-order chi connectivity index (χ0) is 15.5. The Bertz CT molecular complexity index is 700. The summed E-state index contributed by atoms with van der Waals surface area (Å²) in [5, 5.41) is 11.0. The van der Waals surface area contributed by atoms with E-state index in [1.54, 1.807) is 48.5 Å². The number of sulfonamides is 1. The second-order valence-electron chi connectivity index (χ2n) is 4.46. The van der Waals surface area contributed by atoms with E-state index in [1.807, 2.05) is 0 Å². The van der Waals surface area contributed by atoms with Crippen LogP contribution in [-0.2, 0) is 10.0 Å². The summed E-state index contributed by atoms with van der Waals surface area (Å²) in [6.45, 7) is 0. The molecule has 0 saturated heterocycles.